The Morgan fingerprint density at radius 2 is 1.86 bits per heavy atom. The van der Waals surface area contributed by atoms with Gasteiger partial charge in [0.1, 0.15) is 0 Å². The maximum atomic E-state index is 12.9. The molecule has 0 aromatic rings. The van der Waals surface area contributed by atoms with E-state index in [2.05, 4.69) is 46.4 Å². The SMILES string of the molecule is CCCN(CC(C)(C)CN)C(=O)C(C)N1C(C)CCC1C. The molecule has 4 heteroatoms. The molecule has 124 valence electrons. The topological polar surface area (TPSA) is 49.6 Å². The van der Waals surface area contributed by atoms with Crippen molar-refractivity contribution in [2.45, 2.75) is 78.9 Å². The van der Waals surface area contributed by atoms with Crippen molar-refractivity contribution in [2.24, 2.45) is 11.1 Å². The Labute approximate surface area is 131 Å². The van der Waals surface area contributed by atoms with Gasteiger partial charge in [0.05, 0.1) is 6.04 Å². The van der Waals surface area contributed by atoms with E-state index in [4.69, 9.17) is 5.73 Å². The summed E-state index contributed by atoms with van der Waals surface area (Å²) >= 11 is 0. The van der Waals surface area contributed by atoms with E-state index < -0.39 is 0 Å². The number of rotatable bonds is 7. The highest BCUT2D eigenvalue weighted by molar-refractivity contribution is 5.81. The molecule has 1 heterocycles. The van der Waals surface area contributed by atoms with Crippen LogP contribution < -0.4 is 5.73 Å². The van der Waals surface area contributed by atoms with Gasteiger partial charge < -0.3 is 10.6 Å². The Balaban J connectivity index is 2.80. The largest absolute Gasteiger partial charge is 0.341 e. The van der Waals surface area contributed by atoms with Gasteiger partial charge in [-0.25, -0.2) is 0 Å². The van der Waals surface area contributed by atoms with Crippen LogP contribution in [-0.2, 0) is 4.79 Å². The zero-order valence-electron chi connectivity index (χ0n) is 14.9. The molecule has 0 aromatic heterocycles. The molecule has 4 nitrogen and oxygen atoms in total. The van der Waals surface area contributed by atoms with Gasteiger partial charge in [-0.1, -0.05) is 20.8 Å². The third kappa shape index (κ3) is 4.68. The lowest BCUT2D eigenvalue weighted by atomic mass is 9.92. The van der Waals surface area contributed by atoms with Gasteiger partial charge in [0.2, 0.25) is 5.91 Å². The van der Waals surface area contributed by atoms with E-state index in [9.17, 15) is 4.79 Å². The molecule has 0 radical (unpaired) electrons. The number of carbonyl (C=O) groups excluding carboxylic acids is 1. The van der Waals surface area contributed by atoms with E-state index in [1.807, 2.05) is 4.90 Å². The fraction of sp³-hybridized carbons (Fsp3) is 0.941. The van der Waals surface area contributed by atoms with Crippen LogP contribution in [0.5, 0.6) is 0 Å². The third-order valence-corrected chi connectivity index (χ3v) is 4.80. The van der Waals surface area contributed by atoms with E-state index in [0.29, 0.717) is 18.6 Å². The molecule has 1 amide bonds. The van der Waals surface area contributed by atoms with Crippen molar-refractivity contribution >= 4 is 5.91 Å². The molecule has 1 aliphatic heterocycles. The monoisotopic (exact) mass is 297 g/mol. The Morgan fingerprint density at radius 1 is 1.33 bits per heavy atom. The smallest absolute Gasteiger partial charge is 0.239 e. The molecule has 1 rings (SSSR count). The van der Waals surface area contributed by atoms with Crippen LogP contribution in [0, 0.1) is 5.41 Å². The van der Waals surface area contributed by atoms with Crippen LogP contribution in [0.25, 0.3) is 0 Å². The number of nitrogens with zero attached hydrogens (tertiary/aromatic N) is 2. The molecule has 0 aliphatic carbocycles. The molecule has 1 aliphatic rings. The Morgan fingerprint density at radius 3 is 2.29 bits per heavy atom. The quantitative estimate of drug-likeness (QED) is 0.785. The van der Waals surface area contributed by atoms with E-state index >= 15 is 0 Å². The first-order chi connectivity index (χ1) is 9.73. The van der Waals surface area contributed by atoms with Gasteiger partial charge in [-0.15, -0.1) is 0 Å². The second-order valence-electron chi connectivity index (χ2n) is 7.53. The molecule has 1 saturated heterocycles. The first-order valence-corrected chi connectivity index (χ1v) is 8.49. The fourth-order valence-corrected chi connectivity index (χ4v) is 3.49. The zero-order valence-corrected chi connectivity index (χ0v) is 14.9. The molecule has 2 N–H and O–H groups in total. The summed E-state index contributed by atoms with van der Waals surface area (Å²) in [5.74, 6) is 0.263. The first kappa shape index (κ1) is 18.4. The average Bonchev–Trinajstić information content (AvgIpc) is 2.76. The molecule has 0 aromatic carbocycles. The van der Waals surface area contributed by atoms with Crippen LogP contribution in [0.4, 0.5) is 0 Å². The van der Waals surface area contributed by atoms with E-state index in [0.717, 1.165) is 19.5 Å². The summed E-state index contributed by atoms with van der Waals surface area (Å²) in [4.78, 5) is 17.4. The highest BCUT2D eigenvalue weighted by Crippen LogP contribution is 2.27. The van der Waals surface area contributed by atoms with E-state index in [1.165, 1.54) is 12.8 Å². The molecular weight excluding hydrogens is 262 g/mol. The van der Waals surface area contributed by atoms with E-state index in [1.54, 1.807) is 0 Å². The predicted molar refractivity (Wildman–Crippen MR) is 89.2 cm³/mol. The van der Waals surface area contributed by atoms with Gasteiger partial charge in [0, 0.05) is 25.2 Å². The van der Waals surface area contributed by atoms with Gasteiger partial charge in [-0.2, -0.15) is 0 Å². The molecular formula is C17H35N3O. The van der Waals surface area contributed by atoms with Crippen molar-refractivity contribution < 1.29 is 4.79 Å². The molecule has 3 unspecified atom stereocenters. The van der Waals surface area contributed by atoms with Crippen molar-refractivity contribution in [1.82, 2.24) is 9.80 Å². The second-order valence-corrected chi connectivity index (χ2v) is 7.53. The van der Waals surface area contributed by atoms with Crippen molar-refractivity contribution in [1.29, 1.82) is 0 Å². The summed E-state index contributed by atoms with van der Waals surface area (Å²) in [7, 11) is 0. The Kier molecular flexibility index (Phi) is 6.67. The summed E-state index contributed by atoms with van der Waals surface area (Å²) in [6.07, 6.45) is 3.38. The minimum atomic E-state index is -0.0300. The van der Waals surface area contributed by atoms with Crippen molar-refractivity contribution in [3.05, 3.63) is 0 Å². The zero-order chi connectivity index (χ0) is 16.2. The lowest BCUT2D eigenvalue weighted by Crippen LogP contribution is -2.53. The van der Waals surface area contributed by atoms with Gasteiger partial charge in [-0.3, -0.25) is 9.69 Å². The van der Waals surface area contributed by atoms with Crippen LogP contribution in [0.2, 0.25) is 0 Å². The van der Waals surface area contributed by atoms with Gasteiger partial charge in [-0.05, 0) is 52.0 Å². The predicted octanol–water partition coefficient (Wildman–Crippen LogP) is 2.47. The summed E-state index contributed by atoms with van der Waals surface area (Å²) in [6, 6.07) is 0.979. The molecule has 3 atom stereocenters. The van der Waals surface area contributed by atoms with E-state index in [-0.39, 0.29) is 17.4 Å². The lowest BCUT2D eigenvalue weighted by molar-refractivity contribution is -0.138. The average molecular weight is 297 g/mol. The van der Waals surface area contributed by atoms with Gasteiger partial charge in [0.15, 0.2) is 0 Å². The van der Waals surface area contributed by atoms with Crippen molar-refractivity contribution in [3.8, 4) is 0 Å². The highest BCUT2D eigenvalue weighted by atomic mass is 16.2. The first-order valence-electron chi connectivity index (χ1n) is 8.49. The number of carbonyl (C=O) groups is 1. The highest BCUT2D eigenvalue weighted by Gasteiger charge is 2.36. The molecule has 0 spiro atoms. The molecule has 21 heavy (non-hydrogen) atoms. The Bertz CT molecular complexity index is 333. The maximum Gasteiger partial charge on any atom is 0.239 e. The second kappa shape index (κ2) is 7.59. The fourth-order valence-electron chi connectivity index (χ4n) is 3.49. The number of amides is 1. The van der Waals surface area contributed by atoms with Crippen LogP contribution in [0.1, 0.15) is 60.8 Å². The van der Waals surface area contributed by atoms with Gasteiger partial charge >= 0.3 is 0 Å². The van der Waals surface area contributed by atoms with Crippen molar-refractivity contribution in [3.63, 3.8) is 0 Å². The van der Waals surface area contributed by atoms with Crippen molar-refractivity contribution in [2.75, 3.05) is 19.6 Å². The standard InChI is InChI=1S/C17H35N3O/c1-7-10-19(12-17(5,6)11-18)16(21)15(4)20-13(2)8-9-14(20)3/h13-15H,7-12,18H2,1-6H3. The summed E-state index contributed by atoms with van der Waals surface area (Å²) < 4.78 is 0. The number of likely N-dealkylation sites (tertiary alicyclic amines) is 1. The number of nitrogens with two attached hydrogens (primary N) is 1. The maximum absolute atomic E-state index is 12.9. The van der Waals surface area contributed by atoms with Crippen LogP contribution in [-0.4, -0.2) is 53.5 Å². The van der Waals surface area contributed by atoms with Gasteiger partial charge in [0.25, 0.3) is 0 Å². The molecule has 1 fully saturated rings. The normalized spacial score (nSPS) is 25.1. The lowest BCUT2D eigenvalue weighted by Gasteiger charge is -2.38. The number of hydrogen-bond donors (Lipinski definition) is 1. The minimum absolute atomic E-state index is 0.0210. The van der Waals surface area contributed by atoms with Crippen LogP contribution in [0.3, 0.4) is 0 Å². The van der Waals surface area contributed by atoms with Crippen LogP contribution >= 0.6 is 0 Å². The minimum Gasteiger partial charge on any atom is -0.341 e. The summed E-state index contributed by atoms with van der Waals surface area (Å²) in [6.45, 7) is 15.1. The summed E-state index contributed by atoms with van der Waals surface area (Å²) in [5, 5.41) is 0. The molecule has 0 bridgehead atoms. The third-order valence-electron chi connectivity index (χ3n) is 4.80. The Hall–Kier alpha value is -0.610. The number of hydrogen-bond acceptors (Lipinski definition) is 3. The van der Waals surface area contributed by atoms with Crippen LogP contribution in [0.15, 0.2) is 0 Å². The molecule has 0 saturated carbocycles. The summed E-state index contributed by atoms with van der Waals surface area (Å²) in [5.41, 5.74) is 5.82.